The predicted octanol–water partition coefficient (Wildman–Crippen LogP) is 2.96. The zero-order valence-corrected chi connectivity index (χ0v) is 10.1. The summed E-state index contributed by atoms with van der Waals surface area (Å²) in [6.45, 7) is 4.15. The highest BCUT2D eigenvalue weighted by atomic mass is 32.2. The van der Waals surface area contributed by atoms with E-state index in [-0.39, 0.29) is 0 Å². The van der Waals surface area contributed by atoms with Crippen LogP contribution in [0.25, 0.3) is 0 Å². The van der Waals surface area contributed by atoms with E-state index >= 15 is 0 Å². The van der Waals surface area contributed by atoms with Crippen LogP contribution in [-0.4, -0.2) is 16.5 Å². The second kappa shape index (κ2) is 6.46. The van der Waals surface area contributed by atoms with Crippen molar-refractivity contribution >= 4 is 17.6 Å². The van der Waals surface area contributed by atoms with E-state index in [2.05, 4.69) is 18.2 Å². The summed E-state index contributed by atoms with van der Waals surface area (Å²) < 4.78 is 15.4. The van der Waals surface area contributed by atoms with Gasteiger partial charge >= 0.3 is 0 Å². The van der Waals surface area contributed by atoms with Crippen LogP contribution >= 0.6 is 0 Å². The zero-order chi connectivity index (χ0) is 10.4. The zero-order valence-electron chi connectivity index (χ0n) is 9.24. The van der Waals surface area contributed by atoms with Gasteiger partial charge in [0.1, 0.15) is 5.75 Å². The van der Waals surface area contributed by atoms with Crippen LogP contribution in [0.2, 0.25) is 0 Å². The molecule has 2 nitrogen and oxygen atoms in total. The quantitative estimate of drug-likeness (QED) is 0.513. The van der Waals surface area contributed by atoms with Gasteiger partial charge in [0, 0.05) is 5.92 Å². The average molecular weight is 215 g/mol. The monoisotopic (exact) mass is 215 g/mol. The molecule has 0 bridgehead atoms. The van der Waals surface area contributed by atoms with Gasteiger partial charge in [-0.3, -0.25) is 0 Å². The molecule has 82 valence electrons. The Morgan fingerprint density at radius 2 is 2.07 bits per heavy atom. The second-order valence-electron chi connectivity index (χ2n) is 4.56. The minimum atomic E-state index is -0.981. The molecule has 0 amide bonds. The third-order valence-corrected chi connectivity index (χ3v) is 3.92. The first kappa shape index (κ1) is 12.1. The van der Waals surface area contributed by atoms with Crippen molar-refractivity contribution < 1.29 is 4.55 Å². The molecule has 0 N–H and O–H groups in total. The number of hydrogen-bond donors (Lipinski definition) is 0. The van der Waals surface area contributed by atoms with Gasteiger partial charge in [0.05, 0.1) is 17.6 Å². The summed E-state index contributed by atoms with van der Waals surface area (Å²) in [6, 6.07) is 0. The highest BCUT2D eigenvalue weighted by molar-refractivity contribution is 7.90. The smallest absolute Gasteiger partial charge is 0.135 e. The third kappa shape index (κ3) is 5.01. The van der Waals surface area contributed by atoms with Gasteiger partial charge in [0.2, 0.25) is 0 Å². The summed E-state index contributed by atoms with van der Waals surface area (Å²) in [6.07, 6.45) is 8.32. The van der Waals surface area contributed by atoms with Crippen LogP contribution in [0.4, 0.5) is 0 Å². The SMILES string of the molecule is CC(C)C[S+]([O-])N=CCC1CCCC1. The molecule has 0 spiro atoms. The van der Waals surface area contributed by atoms with Crippen molar-refractivity contribution in [3.8, 4) is 0 Å². The molecule has 14 heavy (non-hydrogen) atoms. The molecule has 0 aliphatic heterocycles. The third-order valence-electron chi connectivity index (χ3n) is 2.58. The molecule has 0 aromatic heterocycles. The molecule has 0 heterocycles. The molecule has 0 aromatic rings. The lowest BCUT2D eigenvalue weighted by atomic mass is 10.1. The molecule has 0 aromatic carbocycles. The summed E-state index contributed by atoms with van der Waals surface area (Å²) in [5.74, 6) is 1.98. The van der Waals surface area contributed by atoms with Gasteiger partial charge in [-0.1, -0.05) is 43.9 Å². The first-order valence-electron chi connectivity index (χ1n) is 5.59. The first-order chi connectivity index (χ1) is 6.68. The molecule has 1 rings (SSSR count). The molecular weight excluding hydrogens is 194 g/mol. The van der Waals surface area contributed by atoms with Crippen LogP contribution in [0.15, 0.2) is 4.40 Å². The molecule has 1 fully saturated rings. The van der Waals surface area contributed by atoms with Gasteiger partial charge < -0.3 is 4.55 Å². The predicted molar refractivity (Wildman–Crippen MR) is 62.9 cm³/mol. The van der Waals surface area contributed by atoms with Crippen molar-refractivity contribution in [3.63, 3.8) is 0 Å². The van der Waals surface area contributed by atoms with E-state index in [1.165, 1.54) is 25.7 Å². The molecule has 0 saturated heterocycles. The Balaban J connectivity index is 2.12. The molecule has 3 heteroatoms. The number of rotatable bonds is 5. The van der Waals surface area contributed by atoms with Gasteiger partial charge in [0.15, 0.2) is 0 Å². The van der Waals surface area contributed by atoms with Crippen LogP contribution in [0.3, 0.4) is 0 Å². The highest BCUT2D eigenvalue weighted by Gasteiger charge is 2.14. The molecule has 1 unspecified atom stereocenters. The fraction of sp³-hybridized carbons (Fsp3) is 0.909. The van der Waals surface area contributed by atoms with Crippen LogP contribution in [0.5, 0.6) is 0 Å². The minimum Gasteiger partial charge on any atom is -0.591 e. The van der Waals surface area contributed by atoms with Gasteiger partial charge in [-0.15, -0.1) is 0 Å². The standard InChI is InChI=1S/C11H21NOS/c1-10(2)9-14(13)12-8-7-11-5-3-4-6-11/h8,10-11H,3-7,9H2,1-2H3. The lowest BCUT2D eigenvalue weighted by molar-refractivity contribution is 0.574. The van der Waals surface area contributed by atoms with E-state index in [1.54, 1.807) is 0 Å². The van der Waals surface area contributed by atoms with Crippen molar-refractivity contribution in [1.29, 1.82) is 0 Å². The molecule has 1 atom stereocenters. The fourth-order valence-electron chi connectivity index (χ4n) is 1.85. The largest absolute Gasteiger partial charge is 0.591 e. The summed E-state index contributed by atoms with van der Waals surface area (Å²) in [7, 11) is 0. The van der Waals surface area contributed by atoms with Crippen LogP contribution in [0, 0.1) is 11.8 Å². The van der Waals surface area contributed by atoms with Crippen molar-refractivity contribution in [2.45, 2.75) is 46.0 Å². The Hall–Kier alpha value is -0.0200. The second-order valence-corrected chi connectivity index (χ2v) is 5.74. The van der Waals surface area contributed by atoms with E-state index in [1.807, 2.05) is 6.21 Å². The van der Waals surface area contributed by atoms with E-state index in [0.717, 1.165) is 12.3 Å². The van der Waals surface area contributed by atoms with E-state index in [4.69, 9.17) is 0 Å². The normalized spacial score (nSPS) is 21.1. The number of hydrogen-bond acceptors (Lipinski definition) is 2. The summed E-state index contributed by atoms with van der Waals surface area (Å²) in [5.41, 5.74) is 0. The lowest BCUT2D eigenvalue weighted by Gasteiger charge is -2.06. The van der Waals surface area contributed by atoms with Crippen LogP contribution < -0.4 is 0 Å². The van der Waals surface area contributed by atoms with E-state index < -0.39 is 11.4 Å². The van der Waals surface area contributed by atoms with E-state index in [0.29, 0.717) is 11.7 Å². The van der Waals surface area contributed by atoms with Crippen LogP contribution in [0.1, 0.15) is 46.0 Å². The summed E-state index contributed by atoms with van der Waals surface area (Å²) >= 11 is -0.981. The minimum absolute atomic E-state index is 0.472. The maximum Gasteiger partial charge on any atom is 0.135 e. The maximum atomic E-state index is 11.3. The fourth-order valence-corrected chi connectivity index (χ4v) is 2.76. The van der Waals surface area contributed by atoms with Gasteiger partial charge in [0.25, 0.3) is 0 Å². The average Bonchev–Trinajstić information content (AvgIpc) is 2.55. The Bertz CT molecular complexity index is 176. The maximum absolute atomic E-state index is 11.3. The van der Waals surface area contributed by atoms with Crippen molar-refractivity contribution in [1.82, 2.24) is 0 Å². The summed E-state index contributed by atoms with van der Waals surface area (Å²) in [4.78, 5) is 0. The molecule has 1 saturated carbocycles. The first-order valence-corrected chi connectivity index (χ1v) is 6.87. The Labute approximate surface area is 90.5 Å². The summed E-state index contributed by atoms with van der Waals surface area (Å²) in [5, 5.41) is 0. The van der Waals surface area contributed by atoms with Gasteiger partial charge in [-0.05, 0) is 12.3 Å². The molecular formula is C11H21NOS. The van der Waals surface area contributed by atoms with Crippen molar-refractivity contribution in [2.75, 3.05) is 5.75 Å². The van der Waals surface area contributed by atoms with Crippen molar-refractivity contribution in [3.05, 3.63) is 0 Å². The highest BCUT2D eigenvalue weighted by Crippen LogP contribution is 2.26. The lowest BCUT2D eigenvalue weighted by Crippen LogP contribution is -2.09. The van der Waals surface area contributed by atoms with Gasteiger partial charge in [-0.25, -0.2) is 0 Å². The number of nitrogens with zero attached hydrogens (tertiary/aromatic N) is 1. The van der Waals surface area contributed by atoms with E-state index in [9.17, 15) is 4.55 Å². The molecule has 1 aliphatic rings. The van der Waals surface area contributed by atoms with Gasteiger partial charge in [-0.2, -0.15) is 0 Å². The molecule has 1 aliphatic carbocycles. The Morgan fingerprint density at radius 3 is 2.64 bits per heavy atom. The Kier molecular flexibility index (Phi) is 5.56. The van der Waals surface area contributed by atoms with Crippen molar-refractivity contribution in [2.24, 2.45) is 16.2 Å². The van der Waals surface area contributed by atoms with Crippen LogP contribution in [-0.2, 0) is 11.4 Å². The molecule has 0 radical (unpaired) electrons. The Morgan fingerprint density at radius 1 is 1.43 bits per heavy atom. The topological polar surface area (TPSA) is 35.4 Å².